The monoisotopic (exact) mass is 211 g/mol. The minimum absolute atomic E-state index is 0.0958. The molecule has 2 N–H and O–H groups in total. The van der Waals surface area contributed by atoms with Crippen LogP contribution in [0.5, 0.6) is 0 Å². The summed E-state index contributed by atoms with van der Waals surface area (Å²) in [5.41, 5.74) is 5.91. The van der Waals surface area contributed by atoms with Crippen LogP contribution in [0.3, 0.4) is 0 Å². The lowest BCUT2D eigenvalue weighted by atomic mass is 10.1. The average molecular weight is 211 g/mol. The van der Waals surface area contributed by atoms with Gasteiger partial charge in [-0.15, -0.1) is 0 Å². The highest BCUT2D eigenvalue weighted by Gasteiger charge is 2.34. The van der Waals surface area contributed by atoms with Gasteiger partial charge in [-0.25, -0.2) is 4.99 Å². The zero-order valence-electron chi connectivity index (χ0n) is 9.86. The third-order valence-electron chi connectivity index (χ3n) is 2.82. The van der Waals surface area contributed by atoms with Gasteiger partial charge in [0.2, 0.25) is 0 Å². The molecule has 4 nitrogen and oxygen atoms in total. The Kier molecular flexibility index (Phi) is 2.63. The highest BCUT2D eigenvalue weighted by Crippen LogP contribution is 2.26. The summed E-state index contributed by atoms with van der Waals surface area (Å²) in [6, 6.07) is 0. The number of aliphatic imine (C=N–C) groups is 1. The van der Waals surface area contributed by atoms with Crippen molar-refractivity contribution in [2.45, 2.75) is 51.4 Å². The van der Waals surface area contributed by atoms with Crippen LogP contribution in [0.2, 0.25) is 0 Å². The lowest BCUT2D eigenvalue weighted by molar-refractivity contribution is -0.0163. The van der Waals surface area contributed by atoms with Crippen molar-refractivity contribution in [1.82, 2.24) is 4.90 Å². The van der Waals surface area contributed by atoms with Gasteiger partial charge in [0, 0.05) is 13.1 Å². The summed E-state index contributed by atoms with van der Waals surface area (Å²) >= 11 is 0. The predicted octanol–water partition coefficient (Wildman–Crippen LogP) is 0.963. The SMILES string of the molecule is CC(C)(C)N=C(N)N1CC2CCC(C1)O2. The molecule has 0 aromatic heterocycles. The van der Waals surface area contributed by atoms with Crippen LogP contribution in [-0.4, -0.2) is 41.7 Å². The predicted molar refractivity (Wildman–Crippen MR) is 60.8 cm³/mol. The highest BCUT2D eigenvalue weighted by molar-refractivity contribution is 5.78. The molecule has 2 aliphatic rings. The minimum atomic E-state index is -0.0958. The molecule has 2 heterocycles. The Balaban J connectivity index is 2.02. The average Bonchev–Trinajstić information content (AvgIpc) is 2.42. The van der Waals surface area contributed by atoms with E-state index in [2.05, 4.69) is 30.7 Å². The number of guanidine groups is 1. The number of hydrogen-bond acceptors (Lipinski definition) is 2. The summed E-state index contributed by atoms with van der Waals surface area (Å²) in [4.78, 5) is 6.66. The van der Waals surface area contributed by atoms with Crippen molar-refractivity contribution < 1.29 is 4.74 Å². The van der Waals surface area contributed by atoms with Gasteiger partial charge in [0.1, 0.15) is 0 Å². The van der Waals surface area contributed by atoms with Crippen LogP contribution in [0, 0.1) is 0 Å². The molecule has 0 spiro atoms. The molecule has 4 heteroatoms. The molecule has 2 atom stereocenters. The first-order valence-corrected chi connectivity index (χ1v) is 5.70. The van der Waals surface area contributed by atoms with Gasteiger partial charge in [-0.3, -0.25) is 0 Å². The molecule has 86 valence electrons. The van der Waals surface area contributed by atoms with Crippen LogP contribution in [-0.2, 0) is 4.74 Å². The first-order valence-electron chi connectivity index (χ1n) is 5.70. The van der Waals surface area contributed by atoms with Gasteiger partial charge in [-0.2, -0.15) is 0 Å². The van der Waals surface area contributed by atoms with Crippen LogP contribution in [0.4, 0.5) is 0 Å². The summed E-state index contributed by atoms with van der Waals surface area (Å²) in [7, 11) is 0. The summed E-state index contributed by atoms with van der Waals surface area (Å²) in [6.45, 7) is 8.00. The molecule has 0 aromatic rings. The Labute approximate surface area is 91.5 Å². The molecule has 2 rings (SSSR count). The first-order chi connectivity index (χ1) is 6.94. The molecule has 2 aliphatic heterocycles. The van der Waals surface area contributed by atoms with Gasteiger partial charge in [0.15, 0.2) is 5.96 Å². The van der Waals surface area contributed by atoms with E-state index >= 15 is 0 Å². The van der Waals surface area contributed by atoms with Crippen molar-refractivity contribution >= 4 is 5.96 Å². The van der Waals surface area contributed by atoms with Gasteiger partial charge in [-0.1, -0.05) is 0 Å². The van der Waals surface area contributed by atoms with Gasteiger partial charge in [0.05, 0.1) is 17.7 Å². The third kappa shape index (κ3) is 2.62. The summed E-state index contributed by atoms with van der Waals surface area (Å²) in [5.74, 6) is 0.669. The van der Waals surface area contributed by atoms with Crippen molar-refractivity contribution in [2.75, 3.05) is 13.1 Å². The number of nitrogens with zero attached hydrogens (tertiary/aromatic N) is 2. The zero-order chi connectivity index (χ0) is 11.1. The maximum Gasteiger partial charge on any atom is 0.191 e. The van der Waals surface area contributed by atoms with E-state index in [0.717, 1.165) is 13.1 Å². The molecule has 2 saturated heterocycles. The number of fused-ring (bicyclic) bond motifs is 2. The lowest BCUT2D eigenvalue weighted by Crippen LogP contribution is -2.49. The number of rotatable bonds is 0. The Morgan fingerprint density at radius 2 is 1.80 bits per heavy atom. The van der Waals surface area contributed by atoms with Crippen LogP contribution in [0.1, 0.15) is 33.6 Å². The Hall–Kier alpha value is -0.770. The second-order valence-electron chi connectivity index (χ2n) is 5.50. The van der Waals surface area contributed by atoms with Gasteiger partial charge >= 0.3 is 0 Å². The van der Waals surface area contributed by atoms with Crippen molar-refractivity contribution in [1.29, 1.82) is 0 Å². The van der Waals surface area contributed by atoms with Crippen molar-refractivity contribution in [3.05, 3.63) is 0 Å². The lowest BCUT2D eigenvalue weighted by Gasteiger charge is -2.33. The fraction of sp³-hybridized carbons (Fsp3) is 0.909. The summed E-state index contributed by atoms with van der Waals surface area (Å²) in [6.07, 6.45) is 3.09. The molecule has 2 fully saturated rings. The van der Waals surface area contributed by atoms with Crippen molar-refractivity contribution in [3.63, 3.8) is 0 Å². The highest BCUT2D eigenvalue weighted by atomic mass is 16.5. The minimum Gasteiger partial charge on any atom is -0.371 e. The van der Waals surface area contributed by atoms with E-state index in [-0.39, 0.29) is 5.54 Å². The number of ether oxygens (including phenoxy) is 1. The molecule has 0 amide bonds. The first kappa shape index (κ1) is 10.7. The smallest absolute Gasteiger partial charge is 0.191 e. The molecule has 0 radical (unpaired) electrons. The van der Waals surface area contributed by atoms with Crippen LogP contribution >= 0.6 is 0 Å². The number of likely N-dealkylation sites (tertiary alicyclic amines) is 1. The van der Waals surface area contributed by atoms with E-state index in [0.29, 0.717) is 18.2 Å². The summed E-state index contributed by atoms with van der Waals surface area (Å²) < 4.78 is 5.76. The Bertz CT molecular complexity index is 257. The molecule has 2 unspecified atom stereocenters. The molecule has 0 aromatic carbocycles. The topological polar surface area (TPSA) is 50.8 Å². The number of hydrogen-bond donors (Lipinski definition) is 1. The van der Waals surface area contributed by atoms with E-state index in [1.165, 1.54) is 12.8 Å². The quantitative estimate of drug-likeness (QED) is 0.479. The van der Waals surface area contributed by atoms with E-state index in [1.54, 1.807) is 0 Å². The second kappa shape index (κ2) is 3.67. The molecular formula is C11H21N3O. The standard InChI is InChI=1S/C11H21N3O/c1-11(2,3)13-10(12)14-6-8-4-5-9(7-14)15-8/h8-9H,4-7H2,1-3H3,(H2,12,13). The van der Waals surface area contributed by atoms with Crippen molar-refractivity contribution in [3.8, 4) is 0 Å². The Morgan fingerprint density at radius 3 is 2.27 bits per heavy atom. The van der Waals surface area contributed by atoms with Gasteiger partial charge in [0.25, 0.3) is 0 Å². The molecule has 15 heavy (non-hydrogen) atoms. The molecular weight excluding hydrogens is 190 g/mol. The molecule has 2 bridgehead atoms. The number of nitrogens with two attached hydrogens (primary N) is 1. The van der Waals surface area contributed by atoms with E-state index < -0.39 is 0 Å². The summed E-state index contributed by atoms with van der Waals surface area (Å²) in [5, 5.41) is 0. The normalized spacial score (nSPS) is 32.2. The maximum atomic E-state index is 6.01. The fourth-order valence-corrected chi connectivity index (χ4v) is 2.22. The van der Waals surface area contributed by atoms with Crippen LogP contribution in [0.25, 0.3) is 0 Å². The van der Waals surface area contributed by atoms with E-state index in [4.69, 9.17) is 10.5 Å². The van der Waals surface area contributed by atoms with Gasteiger partial charge < -0.3 is 15.4 Å². The molecule has 0 aliphatic carbocycles. The van der Waals surface area contributed by atoms with Crippen molar-refractivity contribution in [2.24, 2.45) is 10.7 Å². The van der Waals surface area contributed by atoms with Gasteiger partial charge in [-0.05, 0) is 33.6 Å². The second-order valence-corrected chi connectivity index (χ2v) is 5.50. The van der Waals surface area contributed by atoms with Crippen LogP contribution in [0.15, 0.2) is 4.99 Å². The maximum absolute atomic E-state index is 6.01. The fourth-order valence-electron chi connectivity index (χ4n) is 2.22. The third-order valence-corrected chi connectivity index (χ3v) is 2.82. The largest absolute Gasteiger partial charge is 0.371 e. The Morgan fingerprint density at radius 1 is 1.27 bits per heavy atom. The number of morpholine rings is 1. The van der Waals surface area contributed by atoms with E-state index in [1.807, 2.05) is 0 Å². The molecule has 0 saturated carbocycles. The van der Waals surface area contributed by atoms with Crippen LogP contribution < -0.4 is 5.73 Å². The van der Waals surface area contributed by atoms with E-state index in [9.17, 15) is 0 Å². The zero-order valence-corrected chi connectivity index (χ0v) is 9.86.